The van der Waals surface area contributed by atoms with Crippen LogP contribution in [0, 0.1) is 5.92 Å². The third-order valence-corrected chi connectivity index (χ3v) is 2.88. The minimum absolute atomic E-state index is 0.367. The van der Waals surface area contributed by atoms with Gasteiger partial charge in [0.05, 0.1) is 6.10 Å². The molecule has 0 aromatic heterocycles. The number of unbranched alkanes of at least 4 members (excludes halogenated alkanes) is 1. The molecule has 88 valence electrons. The maximum absolute atomic E-state index is 10.9. The number of carboxylic acid groups (broad SMARTS) is 1. The van der Waals surface area contributed by atoms with E-state index < -0.39 is 12.0 Å². The monoisotopic (exact) mass is 215 g/mol. The van der Waals surface area contributed by atoms with E-state index >= 15 is 0 Å². The Morgan fingerprint density at radius 3 is 2.67 bits per heavy atom. The lowest BCUT2D eigenvalue weighted by Crippen LogP contribution is -2.41. The SMILES string of the molecule is CCCCC(NCC(O)C1CC1)C(=O)O. The van der Waals surface area contributed by atoms with E-state index in [1.165, 1.54) is 0 Å². The summed E-state index contributed by atoms with van der Waals surface area (Å²) < 4.78 is 0. The summed E-state index contributed by atoms with van der Waals surface area (Å²) in [6.45, 7) is 2.45. The Kier molecular flexibility index (Phi) is 5.05. The van der Waals surface area contributed by atoms with Gasteiger partial charge in [-0.25, -0.2) is 0 Å². The molecule has 1 aliphatic rings. The zero-order chi connectivity index (χ0) is 11.3. The van der Waals surface area contributed by atoms with Crippen molar-refractivity contribution in [3.05, 3.63) is 0 Å². The standard InChI is InChI=1S/C11H21NO3/c1-2-3-4-9(11(14)15)12-7-10(13)8-5-6-8/h8-10,12-13H,2-7H2,1H3,(H,14,15). The molecular formula is C11H21NO3. The van der Waals surface area contributed by atoms with E-state index in [0.29, 0.717) is 18.9 Å². The highest BCUT2D eigenvalue weighted by molar-refractivity contribution is 5.73. The van der Waals surface area contributed by atoms with Gasteiger partial charge in [-0.05, 0) is 25.2 Å². The van der Waals surface area contributed by atoms with Gasteiger partial charge in [0.1, 0.15) is 6.04 Å². The van der Waals surface area contributed by atoms with Gasteiger partial charge in [0.2, 0.25) is 0 Å². The quantitative estimate of drug-likeness (QED) is 0.565. The van der Waals surface area contributed by atoms with Gasteiger partial charge in [0.15, 0.2) is 0 Å². The predicted molar refractivity (Wildman–Crippen MR) is 57.7 cm³/mol. The smallest absolute Gasteiger partial charge is 0.320 e. The molecule has 3 N–H and O–H groups in total. The van der Waals surface area contributed by atoms with Crippen molar-refractivity contribution < 1.29 is 15.0 Å². The summed E-state index contributed by atoms with van der Waals surface area (Å²) in [5.74, 6) is -0.412. The van der Waals surface area contributed by atoms with Gasteiger partial charge in [-0.1, -0.05) is 19.8 Å². The molecule has 0 aromatic carbocycles. The van der Waals surface area contributed by atoms with Crippen molar-refractivity contribution in [3.63, 3.8) is 0 Å². The molecule has 15 heavy (non-hydrogen) atoms. The van der Waals surface area contributed by atoms with E-state index in [4.69, 9.17) is 5.11 Å². The van der Waals surface area contributed by atoms with Crippen molar-refractivity contribution in [2.24, 2.45) is 5.92 Å². The van der Waals surface area contributed by atoms with Crippen LogP contribution < -0.4 is 5.32 Å². The average molecular weight is 215 g/mol. The maximum atomic E-state index is 10.9. The maximum Gasteiger partial charge on any atom is 0.320 e. The van der Waals surface area contributed by atoms with Gasteiger partial charge in [-0.15, -0.1) is 0 Å². The minimum atomic E-state index is -0.813. The van der Waals surface area contributed by atoms with E-state index in [2.05, 4.69) is 5.32 Å². The molecule has 1 rings (SSSR count). The van der Waals surface area contributed by atoms with Crippen LogP contribution in [-0.4, -0.2) is 34.9 Å². The fourth-order valence-corrected chi connectivity index (χ4v) is 1.63. The van der Waals surface area contributed by atoms with Crippen molar-refractivity contribution in [1.82, 2.24) is 5.32 Å². The molecule has 1 aliphatic carbocycles. The molecule has 4 heteroatoms. The van der Waals surface area contributed by atoms with Crippen LogP contribution in [0.3, 0.4) is 0 Å². The Bertz CT molecular complexity index is 204. The van der Waals surface area contributed by atoms with Crippen LogP contribution >= 0.6 is 0 Å². The number of carboxylic acids is 1. The molecule has 0 aromatic rings. The average Bonchev–Trinajstić information content (AvgIpc) is 3.00. The first-order valence-electron chi connectivity index (χ1n) is 5.79. The summed E-state index contributed by atoms with van der Waals surface area (Å²) in [7, 11) is 0. The first-order chi connectivity index (χ1) is 7.15. The summed E-state index contributed by atoms with van der Waals surface area (Å²) >= 11 is 0. The summed E-state index contributed by atoms with van der Waals surface area (Å²) in [5, 5.41) is 21.4. The van der Waals surface area contributed by atoms with E-state index in [-0.39, 0.29) is 6.10 Å². The van der Waals surface area contributed by atoms with Gasteiger partial charge < -0.3 is 15.5 Å². The first-order valence-corrected chi connectivity index (χ1v) is 5.79. The third-order valence-electron chi connectivity index (χ3n) is 2.88. The number of rotatable bonds is 8. The van der Waals surface area contributed by atoms with Crippen LogP contribution in [0.4, 0.5) is 0 Å². The van der Waals surface area contributed by atoms with E-state index in [0.717, 1.165) is 25.7 Å². The molecule has 4 nitrogen and oxygen atoms in total. The molecule has 0 bridgehead atoms. The Balaban J connectivity index is 2.20. The minimum Gasteiger partial charge on any atom is -0.480 e. The highest BCUT2D eigenvalue weighted by Crippen LogP contribution is 2.32. The van der Waals surface area contributed by atoms with Crippen molar-refractivity contribution >= 4 is 5.97 Å². The molecule has 2 unspecified atom stereocenters. The summed E-state index contributed by atoms with van der Waals surface area (Å²) in [6, 6.07) is -0.502. The largest absolute Gasteiger partial charge is 0.480 e. The number of aliphatic hydroxyl groups is 1. The van der Waals surface area contributed by atoms with Crippen LogP contribution in [-0.2, 0) is 4.79 Å². The first kappa shape index (κ1) is 12.5. The summed E-state index contributed by atoms with van der Waals surface area (Å²) in [6.07, 6.45) is 4.34. The highest BCUT2D eigenvalue weighted by Gasteiger charge is 2.30. The molecule has 0 saturated heterocycles. The van der Waals surface area contributed by atoms with E-state index in [1.807, 2.05) is 6.92 Å². The second-order valence-electron chi connectivity index (χ2n) is 4.35. The number of aliphatic hydroxyl groups excluding tert-OH is 1. The van der Waals surface area contributed by atoms with Crippen LogP contribution in [0.2, 0.25) is 0 Å². The lowest BCUT2D eigenvalue weighted by atomic mass is 10.1. The fourth-order valence-electron chi connectivity index (χ4n) is 1.63. The Labute approximate surface area is 90.7 Å². The molecule has 0 amide bonds. The Morgan fingerprint density at radius 1 is 1.53 bits per heavy atom. The lowest BCUT2D eigenvalue weighted by molar-refractivity contribution is -0.139. The molecule has 1 saturated carbocycles. The zero-order valence-corrected chi connectivity index (χ0v) is 9.28. The summed E-state index contributed by atoms with van der Waals surface area (Å²) in [4.78, 5) is 10.9. The van der Waals surface area contributed by atoms with Crippen molar-refractivity contribution in [1.29, 1.82) is 0 Å². The van der Waals surface area contributed by atoms with Gasteiger partial charge in [0.25, 0.3) is 0 Å². The van der Waals surface area contributed by atoms with Gasteiger partial charge >= 0.3 is 5.97 Å². The Hall–Kier alpha value is -0.610. The molecule has 0 radical (unpaired) electrons. The molecule has 0 heterocycles. The van der Waals surface area contributed by atoms with Crippen molar-refractivity contribution in [3.8, 4) is 0 Å². The molecule has 1 fully saturated rings. The number of aliphatic carboxylic acids is 1. The normalized spacial score (nSPS) is 19.9. The van der Waals surface area contributed by atoms with Crippen molar-refractivity contribution in [2.75, 3.05) is 6.54 Å². The van der Waals surface area contributed by atoms with Gasteiger partial charge in [-0.2, -0.15) is 0 Å². The van der Waals surface area contributed by atoms with Gasteiger partial charge in [0, 0.05) is 6.54 Å². The fraction of sp³-hybridized carbons (Fsp3) is 0.909. The second kappa shape index (κ2) is 6.08. The van der Waals surface area contributed by atoms with Gasteiger partial charge in [-0.3, -0.25) is 4.79 Å². The number of carbonyl (C=O) groups is 1. The van der Waals surface area contributed by atoms with E-state index in [1.54, 1.807) is 0 Å². The molecular weight excluding hydrogens is 194 g/mol. The van der Waals surface area contributed by atoms with Crippen molar-refractivity contribution in [2.45, 2.75) is 51.2 Å². The Morgan fingerprint density at radius 2 is 2.20 bits per heavy atom. The van der Waals surface area contributed by atoms with Crippen LogP contribution in [0.5, 0.6) is 0 Å². The highest BCUT2D eigenvalue weighted by atomic mass is 16.4. The molecule has 0 spiro atoms. The van der Waals surface area contributed by atoms with Crippen LogP contribution in [0.25, 0.3) is 0 Å². The lowest BCUT2D eigenvalue weighted by Gasteiger charge is -2.16. The second-order valence-corrected chi connectivity index (χ2v) is 4.35. The van der Waals surface area contributed by atoms with Crippen LogP contribution in [0.15, 0.2) is 0 Å². The zero-order valence-electron chi connectivity index (χ0n) is 9.28. The molecule has 0 aliphatic heterocycles. The third kappa shape index (κ3) is 4.62. The van der Waals surface area contributed by atoms with Crippen LogP contribution in [0.1, 0.15) is 39.0 Å². The summed E-state index contributed by atoms with van der Waals surface area (Å²) in [5.41, 5.74) is 0. The number of hydrogen-bond donors (Lipinski definition) is 3. The topological polar surface area (TPSA) is 69.6 Å². The number of nitrogens with one attached hydrogen (secondary N) is 1. The van der Waals surface area contributed by atoms with E-state index in [9.17, 15) is 9.90 Å². The molecule has 2 atom stereocenters. The predicted octanol–water partition coefficient (Wildman–Crippen LogP) is 0.990. The number of hydrogen-bond acceptors (Lipinski definition) is 3.